The zero-order valence-electron chi connectivity index (χ0n) is 9.13. The molecule has 4 heteroatoms. The van der Waals surface area contributed by atoms with Gasteiger partial charge in [0.05, 0.1) is 18.0 Å². The van der Waals surface area contributed by atoms with Crippen molar-refractivity contribution >= 4 is 10.9 Å². The molecule has 2 aromatic rings. The quantitative estimate of drug-likeness (QED) is 0.845. The monoisotopic (exact) mass is 221 g/mol. The van der Waals surface area contributed by atoms with E-state index in [0.29, 0.717) is 17.9 Å². The van der Waals surface area contributed by atoms with Crippen LogP contribution < -0.4 is 10.2 Å². The molecule has 3 nitrogen and oxygen atoms in total. The largest absolute Gasteiger partial charge is 0.496 e. The Hall–Kier alpha value is -1.84. The lowest BCUT2D eigenvalue weighted by atomic mass is 10.1. The van der Waals surface area contributed by atoms with Gasteiger partial charge in [0.2, 0.25) is 0 Å². The summed E-state index contributed by atoms with van der Waals surface area (Å²) in [6.45, 7) is 1.90. The van der Waals surface area contributed by atoms with Crippen molar-refractivity contribution in [1.29, 1.82) is 0 Å². The number of benzene rings is 1. The van der Waals surface area contributed by atoms with E-state index in [4.69, 9.17) is 4.74 Å². The molecule has 0 unspecified atom stereocenters. The van der Waals surface area contributed by atoms with Crippen molar-refractivity contribution in [2.75, 3.05) is 7.11 Å². The van der Waals surface area contributed by atoms with Gasteiger partial charge in [-0.3, -0.25) is 4.79 Å². The second-order valence-electron chi connectivity index (χ2n) is 3.51. The van der Waals surface area contributed by atoms with E-state index in [-0.39, 0.29) is 16.3 Å². The first-order valence-electron chi connectivity index (χ1n) is 5.05. The number of hydrogen-bond donors (Lipinski definition) is 1. The summed E-state index contributed by atoms with van der Waals surface area (Å²) in [5, 5.41) is 0.264. The Kier molecular flexibility index (Phi) is 2.64. The Labute approximate surface area is 91.9 Å². The molecule has 0 aliphatic carbocycles. The van der Waals surface area contributed by atoms with E-state index in [9.17, 15) is 9.18 Å². The summed E-state index contributed by atoms with van der Waals surface area (Å²) < 4.78 is 18.6. The molecule has 2 rings (SSSR count). The first-order chi connectivity index (χ1) is 7.67. The minimum Gasteiger partial charge on any atom is -0.496 e. The first kappa shape index (κ1) is 10.7. The zero-order valence-corrected chi connectivity index (χ0v) is 9.13. The molecule has 0 spiro atoms. The lowest BCUT2D eigenvalue weighted by Crippen LogP contribution is -2.07. The summed E-state index contributed by atoms with van der Waals surface area (Å²) in [5.41, 5.74) is 0.704. The van der Waals surface area contributed by atoms with Crippen molar-refractivity contribution < 1.29 is 9.13 Å². The molecule has 0 radical (unpaired) electrons. The van der Waals surface area contributed by atoms with Gasteiger partial charge in [-0.25, -0.2) is 4.39 Å². The average molecular weight is 221 g/mol. The number of ether oxygens (including phenoxy) is 1. The van der Waals surface area contributed by atoms with E-state index in [2.05, 4.69) is 4.98 Å². The normalized spacial score (nSPS) is 10.7. The number of aromatic nitrogens is 1. The second-order valence-corrected chi connectivity index (χ2v) is 3.51. The van der Waals surface area contributed by atoms with Gasteiger partial charge in [-0.1, -0.05) is 6.92 Å². The maximum atomic E-state index is 13.6. The van der Waals surface area contributed by atoms with E-state index in [1.54, 1.807) is 0 Å². The van der Waals surface area contributed by atoms with Crippen LogP contribution in [0.1, 0.15) is 12.6 Å². The van der Waals surface area contributed by atoms with E-state index < -0.39 is 5.82 Å². The van der Waals surface area contributed by atoms with Crippen LogP contribution in [0.2, 0.25) is 0 Å². The summed E-state index contributed by atoms with van der Waals surface area (Å²) in [4.78, 5) is 14.7. The Bertz CT molecular complexity index is 589. The van der Waals surface area contributed by atoms with Crippen LogP contribution in [-0.2, 0) is 6.42 Å². The highest BCUT2D eigenvalue weighted by Crippen LogP contribution is 2.23. The van der Waals surface area contributed by atoms with Crippen molar-refractivity contribution in [2.45, 2.75) is 13.3 Å². The van der Waals surface area contributed by atoms with Crippen LogP contribution in [0.15, 0.2) is 23.0 Å². The Morgan fingerprint density at radius 2 is 2.19 bits per heavy atom. The van der Waals surface area contributed by atoms with Crippen LogP contribution in [-0.4, -0.2) is 12.1 Å². The second kappa shape index (κ2) is 3.96. The fourth-order valence-corrected chi connectivity index (χ4v) is 1.71. The molecule has 0 fully saturated rings. The number of nitrogens with one attached hydrogen (secondary N) is 1. The standard InChI is InChI=1S/C12H12FNO2/c1-3-7-6-9(15)11-10(16-2)5-4-8(13)12(11)14-7/h4-6H,3H2,1-2H3,(H,14,15). The molecule has 0 amide bonds. The molecule has 1 heterocycles. The molecule has 0 atom stereocenters. The van der Waals surface area contributed by atoms with Crippen molar-refractivity contribution in [3.8, 4) is 5.75 Å². The molecule has 0 saturated carbocycles. The molecule has 1 aromatic carbocycles. The summed E-state index contributed by atoms with van der Waals surface area (Å²) in [5.74, 6) is -0.0523. The van der Waals surface area contributed by atoms with Gasteiger partial charge in [0, 0.05) is 11.8 Å². The average Bonchev–Trinajstić information content (AvgIpc) is 2.30. The van der Waals surface area contributed by atoms with Gasteiger partial charge in [-0.2, -0.15) is 0 Å². The summed E-state index contributed by atoms with van der Waals surface area (Å²) in [7, 11) is 1.46. The number of pyridine rings is 1. The van der Waals surface area contributed by atoms with E-state index >= 15 is 0 Å². The first-order valence-corrected chi connectivity index (χ1v) is 5.05. The van der Waals surface area contributed by atoms with Crippen LogP contribution >= 0.6 is 0 Å². The molecular weight excluding hydrogens is 209 g/mol. The highest BCUT2D eigenvalue weighted by molar-refractivity contribution is 5.85. The van der Waals surface area contributed by atoms with Crippen molar-refractivity contribution in [3.63, 3.8) is 0 Å². The SMILES string of the molecule is CCc1cc(=O)c2c(OC)ccc(F)c2[nH]1. The topological polar surface area (TPSA) is 42.1 Å². The fraction of sp³-hybridized carbons (Fsp3) is 0.250. The highest BCUT2D eigenvalue weighted by atomic mass is 19.1. The third-order valence-corrected chi connectivity index (χ3v) is 2.55. The fourth-order valence-electron chi connectivity index (χ4n) is 1.71. The predicted octanol–water partition coefficient (Wildman–Crippen LogP) is 2.24. The molecule has 0 bridgehead atoms. The Morgan fingerprint density at radius 3 is 2.81 bits per heavy atom. The smallest absolute Gasteiger partial charge is 0.193 e. The lowest BCUT2D eigenvalue weighted by molar-refractivity contribution is 0.419. The minimum atomic E-state index is -0.441. The van der Waals surface area contributed by atoms with Crippen molar-refractivity contribution in [2.24, 2.45) is 0 Å². The number of halogens is 1. The number of H-pyrrole nitrogens is 1. The number of rotatable bonds is 2. The highest BCUT2D eigenvalue weighted by Gasteiger charge is 2.11. The minimum absolute atomic E-state index is 0.212. The molecule has 84 valence electrons. The third-order valence-electron chi connectivity index (χ3n) is 2.55. The van der Waals surface area contributed by atoms with Crippen molar-refractivity contribution in [1.82, 2.24) is 4.98 Å². The molecule has 0 aliphatic heterocycles. The van der Waals surface area contributed by atoms with Gasteiger partial charge in [0.1, 0.15) is 11.6 Å². The molecule has 16 heavy (non-hydrogen) atoms. The van der Waals surface area contributed by atoms with E-state index in [0.717, 1.165) is 0 Å². The van der Waals surface area contributed by atoms with Crippen LogP contribution in [0.25, 0.3) is 10.9 Å². The van der Waals surface area contributed by atoms with Crippen LogP contribution in [0, 0.1) is 5.82 Å². The third kappa shape index (κ3) is 1.56. The van der Waals surface area contributed by atoms with E-state index in [1.165, 1.54) is 25.3 Å². The molecule has 0 saturated heterocycles. The number of hydrogen-bond acceptors (Lipinski definition) is 2. The van der Waals surface area contributed by atoms with Gasteiger partial charge < -0.3 is 9.72 Å². The number of methoxy groups -OCH3 is 1. The molecule has 1 N–H and O–H groups in total. The van der Waals surface area contributed by atoms with Crippen LogP contribution in [0.4, 0.5) is 4.39 Å². The summed E-state index contributed by atoms with van der Waals surface area (Å²) in [6.07, 6.45) is 0.655. The van der Waals surface area contributed by atoms with Gasteiger partial charge in [0.15, 0.2) is 5.43 Å². The van der Waals surface area contributed by atoms with Gasteiger partial charge in [-0.05, 0) is 18.6 Å². The maximum absolute atomic E-state index is 13.6. The summed E-state index contributed by atoms with van der Waals surface area (Å²) in [6, 6.07) is 4.22. The number of aryl methyl sites for hydroxylation is 1. The summed E-state index contributed by atoms with van der Waals surface area (Å²) >= 11 is 0. The molecular formula is C12H12FNO2. The van der Waals surface area contributed by atoms with Crippen molar-refractivity contribution in [3.05, 3.63) is 39.9 Å². The molecule has 1 aromatic heterocycles. The Morgan fingerprint density at radius 1 is 1.44 bits per heavy atom. The van der Waals surface area contributed by atoms with Crippen LogP contribution in [0.5, 0.6) is 5.75 Å². The lowest BCUT2D eigenvalue weighted by Gasteiger charge is -2.07. The number of fused-ring (bicyclic) bond motifs is 1. The van der Waals surface area contributed by atoms with Gasteiger partial charge >= 0.3 is 0 Å². The Balaban J connectivity index is 2.92. The number of aromatic amines is 1. The predicted molar refractivity (Wildman–Crippen MR) is 60.5 cm³/mol. The van der Waals surface area contributed by atoms with Crippen LogP contribution in [0.3, 0.4) is 0 Å². The van der Waals surface area contributed by atoms with E-state index in [1.807, 2.05) is 6.92 Å². The molecule has 0 aliphatic rings. The maximum Gasteiger partial charge on any atom is 0.193 e. The van der Waals surface area contributed by atoms with Gasteiger partial charge in [-0.15, -0.1) is 0 Å². The zero-order chi connectivity index (χ0) is 11.7. The van der Waals surface area contributed by atoms with Gasteiger partial charge in [0.25, 0.3) is 0 Å².